The lowest BCUT2D eigenvalue weighted by atomic mass is 10.1. The number of rotatable bonds is 4. The van der Waals surface area contributed by atoms with Crippen LogP contribution in [0.2, 0.25) is 0 Å². The summed E-state index contributed by atoms with van der Waals surface area (Å²) in [6.07, 6.45) is 2.95. The molecule has 0 unspecified atom stereocenters. The number of carbonyl (C=O) groups is 2. The Kier molecular flexibility index (Phi) is 5.99. The lowest BCUT2D eigenvalue weighted by molar-refractivity contribution is 0.0982. The highest BCUT2D eigenvalue weighted by molar-refractivity contribution is 6.11. The highest BCUT2D eigenvalue weighted by Gasteiger charge is 2.24. The van der Waals surface area contributed by atoms with Gasteiger partial charge in [0.05, 0.1) is 23.9 Å². The van der Waals surface area contributed by atoms with Gasteiger partial charge in [0.25, 0.3) is 11.8 Å². The van der Waals surface area contributed by atoms with Gasteiger partial charge in [-0.15, -0.1) is 0 Å². The SMILES string of the molecule is COc1cc(C(=O)N2CCCCc3ccccc32)ccc1C(=O)Nc1cccc2c1nc(C)n2C. The van der Waals surface area contributed by atoms with Crippen molar-refractivity contribution in [2.45, 2.75) is 26.2 Å². The largest absolute Gasteiger partial charge is 0.496 e. The van der Waals surface area contributed by atoms with Gasteiger partial charge in [-0.25, -0.2) is 4.98 Å². The Balaban J connectivity index is 1.44. The molecule has 1 aliphatic rings. The first-order chi connectivity index (χ1) is 17.0. The monoisotopic (exact) mass is 468 g/mol. The number of ether oxygens (including phenoxy) is 1. The smallest absolute Gasteiger partial charge is 0.259 e. The van der Waals surface area contributed by atoms with Crippen molar-refractivity contribution >= 4 is 34.2 Å². The molecule has 0 saturated heterocycles. The summed E-state index contributed by atoms with van der Waals surface area (Å²) < 4.78 is 7.52. The first-order valence-electron chi connectivity index (χ1n) is 11.8. The lowest BCUT2D eigenvalue weighted by Gasteiger charge is -2.23. The molecule has 1 N–H and O–H groups in total. The van der Waals surface area contributed by atoms with Gasteiger partial charge in [-0.2, -0.15) is 0 Å². The van der Waals surface area contributed by atoms with E-state index in [1.165, 1.54) is 12.7 Å². The molecule has 7 nitrogen and oxygen atoms in total. The predicted molar refractivity (Wildman–Crippen MR) is 137 cm³/mol. The van der Waals surface area contributed by atoms with E-state index in [2.05, 4.69) is 16.4 Å². The predicted octanol–water partition coefficient (Wildman–Crippen LogP) is 5.13. The number of aromatic nitrogens is 2. The van der Waals surface area contributed by atoms with Crippen molar-refractivity contribution in [2.24, 2.45) is 7.05 Å². The second kappa shape index (κ2) is 9.25. The van der Waals surface area contributed by atoms with E-state index in [-0.39, 0.29) is 11.8 Å². The number of hydrogen-bond donors (Lipinski definition) is 1. The fourth-order valence-corrected chi connectivity index (χ4v) is 4.69. The maximum atomic E-state index is 13.5. The summed E-state index contributed by atoms with van der Waals surface area (Å²) in [4.78, 5) is 33.1. The van der Waals surface area contributed by atoms with Gasteiger partial charge < -0.3 is 19.5 Å². The first kappa shape index (κ1) is 22.7. The van der Waals surface area contributed by atoms with E-state index in [1.54, 1.807) is 18.2 Å². The Bertz CT molecular complexity index is 1440. The maximum Gasteiger partial charge on any atom is 0.259 e. The number of anilines is 2. The highest BCUT2D eigenvalue weighted by Crippen LogP contribution is 2.30. The van der Waals surface area contributed by atoms with Crippen LogP contribution in [0.5, 0.6) is 5.75 Å². The normalized spacial score (nSPS) is 13.3. The molecule has 4 aromatic rings. The molecule has 0 atom stereocenters. The summed E-state index contributed by atoms with van der Waals surface area (Å²) in [5.74, 6) is 0.785. The Hall–Kier alpha value is -4.13. The molecule has 3 aromatic carbocycles. The van der Waals surface area contributed by atoms with Crippen molar-refractivity contribution in [3.8, 4) is 5.75 Å². The molecule has 0 bridgehead atoms. The van der Waals surface area contributed by atoms with Crippen LogP contribution in [0.1, 0.15) is 44.9 Å². The zero-order valence-corrected chi connectivity index (χ0v) is 20.2. The average Bonchev–Trinajstić information content (AvgIpc) is 3.05. The van der Waals surface area contributed by atoms with Crippen LogP contribution in [-0.2, 0) is 13.5 Å². The molecule has 0 aliphatic carbocycles. The molecule has 0 saturated carbocycles. The van der Waals surface area contributed by atoms with Crippen molar-refractivity contribution in [1.29, 1.82) is 0 Å². The number of carbonyl (C=O) groups excluding carboxylic acids is 2. The minimum absolute atomic E-state index is 0.0988. The van der Waals surface area contributed by atoms with E-state index in [0.717, 1.165) is 41.8 Å². The second-order valence-electron chi connectivity index (χ2n) is 8.80. The Labute approximate surface area is 204 Å². The van der Waals surface area contributed by atoms with Gasteiger partial charge in [0.1, 0.15) is 17.1 Å². The Morgan fingerprint density at radius 1 is 1.03 bits per heavy atom. The van der Waals surface area contributed by atoms with Gasteiger partial charge in [-0.05, 0) is 68.1 Å². The molecule has 5 rings (SSSR count). The summed E-state index contributed by atoms with van der Waals surface area (Å²) in [5, 5.41) is 2.96. The molecule has 7 heteroatoms. The van der Waals surface area contributed by atoms with Crippen molar-refractivity contribution in [1.82, 2.24) is 9.55 Å². The van der Waals surface area contributed by atoms with Crippen molar-refractivity contribution in [3.63, 3.8) is 0 Å². The highest BCUT2D eigenvalue weighted by atomic mass is 16.5. The van der Waals surface area contributed by atoms with Gasteiger partial charge in [-0.1, -0.05) is 24.3 Å². The first-order valence-corrected chi connectivity index (χ1v) is 11.8. The van der Waals surface area contributed by atoms with Crippen LogP contribution in [0.25, 0.3) is 11.0 Å². The molecule has 2 amide bonds. The van der Waals surface area contributed by atoms with E-state index >= 15 is 0 Å². The molecule has 1 aliphatic heterocycles. The number of benzene rings is 3. The van der Waals surface area contributed by atoms with Gasteiger partial charge in [0, 0.05) is 24.8 Å². The second-order valence-corrected chi connectivity index (χ2v) is 8.80. The molecule has 35 heavy (non-hydrogen) atoms. The van der Waals surface area contributed by atoms with Crippen LogP contribution in [0.15, 0.2) is 60.7 Å². The molecule has 178 valence electrons. The molecular weight excluding hydrogens is 440 g/mol. The van der Waals surface area contributed by atoms with Crippen LogP contribution in [0.3, 0.4) is 0 Å². The number of nitrogens with one attached hydrogen (secondary N) is 1. The number of para-hydroxylation sites is 2. The fraction of sp³-hybridized carbons (Fsp3) is 0.250. The minimum Gasteiger partial charge on any atom is -0.496 e. The minimum atomic E-state index is -0.322. The van der Waals surface area contributed by atoms with Crippen LogP contribution in [-0.4, -0.2) is 35.0 Å². The quantitative estimate of drug-likeness (QED) is 0.451. The van der Waals surface area contributed by atoms with Crippen LogP contribution in [0, 0.1) is 6.92 Å². The van der Waals surface area contributed by atoms with E-state index in [4.69, 9.17) is 4.74 Å². The summed E-state index contributed by atoms with van der Waals surface area (Å²) in [6.45, 7) is 2.58. The molecule has 0 radical (unpaired) electrons. The average molecular weight is 469 g/mol. The summed E-state index contributed by atoms with van der Waals surface area (Å²) >= 11 is 0. The summed E-state index contributed by atoms with van der Waals surface area (Å²) in [6, 6.07) is 18.7. The van der Waals surface area contributed by atoms with E-state index in [1.807, 2.05) is 59.8 Å². The molecule has 1 aromatic heterocycles. The molecule has 2 heterocycles. The summed E-state index contributed by atoms with van der Waals surface area (Å²) in [7, 11) is 3.45. The number of amides is 2. The third-order valence-electron chi connectivity index (χ3n) is 6.68. The van der Waals surface area contributed by atoms with Gasteiger partial charge in [-0.3, -0.25) is 9.59 Å². The van der Waals surface area contributed by atoms with Crippen LogP contribution < -0.4 is 15.0 Å². The number of fused-ring (bicyclic) bond motifs is 2. The lowest BCUT2D eigenvalue weighted by Crippen LogP contribution is -2.31. The van der Waals surface area contributed by atoms with Crippen molar-refractivity contribution in [3.05, 3.63) is 83.2 Å². The van der Waals surface area contributed by atoms with Crippen molar-refractivity contribution in [2.75, 3.05) is 23.9 Å². The number of aryl methyl sites for hydroxylation is 3. The number of nitrogens with zero attached hydrogens (tertiary/aromatic N) is 3. The zero-order valence-electron chi connectivity index (χ0n) is 20.2. The third kappa shape index (κ3) is 4.14. The topological polar surface area (TPSA) is 76.5 Å². The number of methoxy groups -OCH3 is 1. The summed E-state index contributed by atoms with van der Waals surface area (Å²) in [5.41, 5.74) is 5.26. The molecule has 0 fully saturated rings. The zero-order chi connectivity index (χ0) is 24.5. The Morgan fingerprint density at radius 2 is 1.86 bits per heavy atom. The van der Waals surface area contributed by atoms with Crippen LogP contribution >= 0.6 is 0 Å². The van der Waals surface area contributed by atoms with Gasteiger partial charge in [0.2, 0.25) is 0 Å². The fourth-order valence-electron chi connectivity index (χ4n) is 4.69. The van der Waals surface area contributed by atoms with Gasteiger partial charge in [0.15, 0.2) is 0 Å². The molecule has 0 spiro atoms. The third-order valence-corrected chi connectivity index (χ3v) is 6.68. The molecular formula is C28H28N4O3. The van der Waals surface area contributed by atoms with E-state index in [0.29, 0.717) is 29.1 Å². The Morgan fingerprint density at radius 3 is 2.69 bits per heavy atom. The van der Waals surface area contributed by atoms with Crippen molar-refractivity contribution < 1.29 is 14.3 Å². The van der Waals surface area contributed by atoms with E-state index < -0.39 is 0 Å². The maximum absolute atomic E-state index is 13.5. The number of hydrogen-bond acceptors (Lipinski definition) is 4. The van der Waals surface area contributed by atoms with E-state index in [9.17, 15) is 9.59 Å². The van der Waals surface area contributed by atoms with Crippen LogP contribution in [0.4, 0.5) is 11.4 Å². The van der Waals surface area contributed by atoms with Gasteiger partial charge >= 0.3 is 0 Å². The standard InChI is InChI=1S/C28H28N4O3/c1-18-29-26-22(11-8-13-24(26)31(18)2)30-27(33)21-15-14-20(17-25(21)35-3)28(34)32-16-7-6-10-19-9-4-5-12-23(19)32/h4-5,8-9,11-15,17H,6-7,10,16H2,1-3H3,(H,30,33). The number of imidazole rings is 1.